The number of methoxy groups -OCH3 is 1. The predicted octanol–water partition coefficient (Wildman–Crippen LogP) is 2.40. The van der Waals surface area contributed by atoms with Gasteiger partial charge in [0.15, 0.2) is 6.61 Å². The molecule has 2 N–H and O–H groups in total. The third-order valence-electron chi connectivity index (χ3n) is 4.31. The minimum Gasteiger partial charge on any atom is -0.484 e. The number of hydrogen-bond acceptors (Lipinski definition) is 5. The molecule has 1 atom stereocenters. The van der Waals surface area contributed by atoms with Gasteiger partial charge in [0.25, 0.3) is 5.91 Å². The number of esters is 1. The van der Waals surface area contributed by atoms with Crippen molar-refractivity contribution in [1.82, 2.24) is 4.90 Å². The number of carbonyl (C=O) groups excluding carboxylic acids is 3. The molecule has 2 aromatic carbocycles. The molecule has 0 aliphatic carbocycles. The summed E-state index contributed by atoms with van der Waals surface area (Å²) in [5.41, 5.74) is 6.80. The van der Waals surface area contributed by atoms with Crippen LogP contribution in [0, 0.1) is 5.92 Å². The first kappa shape index (κ1) is 22.7. The maximum absolute atomic E-state index is 12.8. The van der Waals surface area contributed by atoms with Crippen molar-refractivity contribution in [3.63, 3.8) is 0 Å². The Bertz CT molecular complexity index is 878. The topological polar surface area (TPSA) is 98.9 Å². The molecule has 0 radical (unpaired) electrons. The normalized spacial score (nSPS) is 11.7. The quantitative estimate of drug-likeness (QED) is 0.479. The van der Waals surface area contributed by atoms with E-state index in [9.17, 15) is 14.4 Å². The van der Waals surface area contributed by atoms with Gasteiger partial charge in [-0.3, -0.25) is 14.4 Å². The number of carbonyl (C=O) groups is 3. The average molecular weight is 410 g/mol. The maximum atomic E-state index is 12.8. The van der Waals surface area contributed by atoms with Crippen LogP contribution in [0.5, 0.6) is 5.75 Å². The van der Waals surface area contributed by atoms with Crippen LogP contribution in [-0.2, 0) is 25.7 Å². The number of nitrogens with two attached hydrogens (primary N) is 1. The molecular weight excluding hydrogens is 384 g/mol. The van der Waals surface area contributed by atoms with Crippen LogP contribution in [0.25, 0.3) is 6.08 Å². The summed E-state index contributed by atoms with van der Waals surface area (Å²) >= 11 is 0. The van der Waals surface area contributed by atoms with Gasteiger partial charge in [-0.15, -0.1) is 0 Å². The Morgan fingerprint density at radius 3 is 2.33 bits per heavy atom. The lowest BCUT2D eigenvalue weighted by atomic mass is 10.1. The highest BCUT2D eigenvalue weighted by atomic mass is 16.5. The minimum atomic E-state index is -0.552. The highest BCUT2D eigenvalue weighted by Gasteiger charge is 2.20. The molecule has 0 aromatic heterocycles. The van der Waals surface area contributed by atoms with Crippen LogP contribution < -0.4 is 10.5 Å². The molecule has 1 unspecified atom stereocenters. The second kappa shape index (κ2) is 11.4. The Balaban J connectivity index is 2.08. The van der Waals surface area contributed by atoms with E-state index in [2.05, 4.69) is 0 Å². The van der Waals surface area contributed by atoms with Gasteiger partial charge in [-0.1, -0.05) is 49.4 Å². The molecule has 7 heteroatoms. The van der Waals surface area contributed by atoms with Crippen molar-refractivity contribution in [2.75, 3.05) is 20.3 Å². The van der Waals surface area contributed by atoms with Gasteiger partial charge in [-0.2, -0.15) is 0 Å². The number of benzene rings is 2. The second-order valence-electron chi connectivity index (χ2n) is 6.79. The number of nitrogens with zero attached hydrogens (tertiary/aromatic N) is 1. The molecule has 0 aliphatic rings. The average Bonchev–Trinajstić information content (AvgIpc) is 2.76. The summed E-state index contributed by atoms with van der Waals surface area (Å²) in [6.45, 7) is 2.15. The monoisotopic (exact) mass is 410 g/mol. The fraction of sp³-hybridized carbons (Fsp3) is 0.261. The Morgan fingerprint density at radius 2 is 1.73 bits per heavy atom. The lowest BCUT2D eigenvalue weighted by Crippen LogP contribution is -2.35. The lowest BCUT2D eigenvalue weighted by Gasteiger charge is -2.24. The molecule has 2 aromatic rings. The Morgan fingerprint density at radius 1 is 1.07 bits per heavy atom. The number of rotatable bonds is 10. The molecule has 0 saturated heterocycles. The molecule has 0 aliphatic heterocycles. The standard InChI is InChI=1S/C23H26N2O5/c1-17(23(28)29-2)14-25(15-19-6-4-3-5-7-19)22(27)13-10-18-8-11-20(12-9-18)30-16-21(24)26/h3-13,17H,14-16H2,1-2H3,(H2,24,26)/b13-10+. The van der Waals surface area contributed by atoms with E-state index in [1.807, 2.05) is 30.3 Å². The van der Waals surface area contributed by atoms with Crippen LogP contribution >= 0.6 is 0 Å². The molecule has 0 bridgehead atoms. The Hall–Kier alpha value is -3.61. The van der Waals surface area contributed by atoms with Crippen molar-refractivity contribution in [2.45, 2.75) is 13.5 Å². The fourth-order valence-electron chi connectivity index (χ4n) is 2.75. The maximum Gasteiger partial charge on any atom is 0.310 e. The van der Waals surface area contributed by atoms with Crippen LogP contribution in [0.1, 0.15) is 18.1 Å². The summed E-state index contributed by atoms with van der Waals surface area (Å²) in [6.07, 6.45) is 3.15. The van der Waals surface area contributed by atoms with Crippen molar-refractivity contribution in [3.8, 4) is 5.75 Å². The van der Waals surface area contributed by atoms with Crippen molar-refractivity contribution < 1.29 is 23.9 Å². The largest absolute Gasteiger partial charge is 0.484 e. The van der Waals surface area contributed by atoms with Gasteiger partial charge in [0.2, 0.25) is 5.91 Å². The fourth-order valence-corrected chi connectivity index (χ4v) is 2.75. The minimum absolute atomic E-state index is 0.194. The van der Waals surface area contributed by atoms with Crippen LogP contribution in [0.15, 0.2) is 60.7 Å². The summed E-state index contributed by atoms with van der Waals surface area (Å²) in [5, 5.41) is 0. The van der Waals surface area contributed by atoms with E-state index in [1.165, 1.54) is 13.2 Å². The van der Waals surface area contributed by atoms with E-state index in [4.69, 9.17) is 15.2 Å². The second-order valence-corrected chi connectivity index (χ2v) is 6.79. The van der Waals surface area contributed by atoms with E-state index in [0.717, 1.165) is 11.1 Å². The molecule has 2 amide bonds. The number of hydrogen-bond donors (Lipinski definition) is 1. The van der Waals surface area contributed by atoms with Crippen molar-refractivity contribution in [3.05, 3.63) is 71.8 Å². The van der Waals surface area contributed by atoms with E-state index in [0.29, 0.717) is 12.3 Å². The van der Waals surface area contributed by atoms with Crippen LogP contribution in [0.3, 0.4) is 0 Å². The predicted molar refractivity (Wildman–Crippen MR) is 113 cm³/mol. The van der Waals surface area contributed by atoms with Crippen molar-refractivity contribution in [1.29, 1.82) is 0 Å². The van der Waals surface area contributed by atoms with Crippen LogP contribution in [0.4, 0.5) is 0 Å². The first-order valence-electron chi connectivity index (χ1n) is 9.49. The summed E-state index contributed by atoms with van der Waals surface area (Å²) in [5.74, 6) is -1.07. The van der Waals surface area contributed by atoms with Gasteiger partial charge in [0, 0.05) is 19.2 Å². The number of primary amides is 1. The summed E-state index contributed by atoms with van der Waals surface area (Å²) in [6, 6.07) is 16.5. The first-order valence-corrected chi connectivity index (χ1v) is 9.49. The van der Waals surface area contributed by atoms with Gasteiger partial charge < -0.3 is 20.1 Å². The van der Waals surface area contributed by atoms with Crippen molar-refractivity contribution >= 4 is 23.9 Å². The molecule has 30 heavy (non-hydrogen) atoms. The third kappa shape index (κ3) is 7.43. The molecule has 2 rings (SSSR count). The van der Waals surface area contributed by atoms with E-state index in [1.54, 1.807) is 42.2 Å². The third-order valence-corrected chi connectivity index (χ3v) is 4.31. The SMILES string of the molecule is COC(=O)C(C)CN(Cc1ccccc1)C(=O)/C=C/c1ccc(OCC(N)=O)cc1. The molecule has 158 valence electrons. The molecule has 0 fully saturated rings. The summed E-state index contributed by atoms with van der Waals surface area (Å²) in [7, 11) is 1.33. The zero-order valence-electron chi connectivity index (χ0n) is 17.1. The van der Waals surface area contributed by atoms with Crippen LogP contribution in [-0.4, -0.2) is 42.9 Å². The molecular formula is C23H26N2O5. The van der Waals surface area contributed by atoms with E-state index in [-0.39, 0.29) is 25.0 Å². The van der Waals surface area contributed by atoms with E-state index < -0.39 is 11.8 Å². The molecule has 0 spiro atoms. The lowest BCUT2D eigenvalue weighted by molar-refractivity contribution is -0.146. The molecule has 7 nitrogen and oxygen atoms in total. The Kier molecular flexibility index (Phi) is 8.62. The number of ether oxygens (including phenoxy) is 2. The van der Waals surface area contributed by atoms with Gasteiger partial charge in [-0.25, -0.2) is 0 Å². The first-order chi connectivity index (χ1) is 14.4. The van der Waals surface area contributed by atoms with E-state index >= 15 is 0 Å². The molecule has 0 saturated carbocycles. The zero-order valence-corrected chi connectivity index (χ0v) is 17.1. The smallest absolute Gasteiger partial charge is 0.310 e. The molecule has 0 heterocycles. The number of amides is 2. The zero-order chi connectivity index (χ0) is 21.9. The Labute approximate surface area is 176 Å². The van der Waals surface area contributed by atoms with Gasteiger partial charge in [-0.05, 0) is 29.3 Å². The van der Waals surface area contributed by atoms with Gasteiger partial charge in [0.1, 0.15) is 5.75 Å². The summed E-state index contributed by atoms with van der Waals surface area (Å²) in [4.78, 5) is 37.0. The van der Waals surface area contributed by atoms with Crippen molar-refractivity contribution in [2.24, 2.45) is 11.7 Å². The highest BCUT2D eigenvalue weighted by molar-refractivity contribution is 5.92. The summed E-state index contributed by atoms with van der Waals surface area (Å²) < 4.78 is 9.99. The highest BCUT2D eigenvalue weighted by Crippen LogP contribution is 2.14. The van der Waals surface area contributed by atoms with Gasteiger partial charge in [0.05, 0.1) is 13.0 Å². The van der Waals surface area contributed by atoms with Crippen LogP contribution in [0.2, 0.25) is 0 Å². The van der Waals surface area contributed by atoms with Gasteiger partial charge >= 0.3 is 5.97 Å².